The zero-order valence-electron chi connectivity index (χ0n) is 8.04. The van der Waals surface area contributed by atoms with Crippen molar-refractivity contribution in [3.8, 4) is 0 Å². The number of aliphatic hydroxyl groups excluding tert-OH is 1. The Hall–Kier alpha value is -0.500. The molecular formula is C11H18O2. The largest absolute Gasteiger partial charge is 0.496 e. The highest BCUT2D eigenvalue weighted by Gasteiger charge is 2.27. The van der Waals surface area contributed by atoms with Crippen molar-refractivity contribution in [3.05, 3.63) is 11.8 Å². The monoisotopic (exact) mass is 182 g/mol. The lowest BCUT2D eigenvalue weighted by Crippen LogP contribution is -2.03. The minimum absolute atomic E-state index is 0.130. The molecule has 2 aliphatic carbocycles. The lowest BCUT2D eigenvalue weighted by atomic mass is 10.0. The van der Waals surface area contributed by atoms with E-state index in [0.717, 1.165) is 24.0 Å². The van der Waals surface area contributed by atoms with Crippen LogP contribution in [0.1, 0.15) is 32.1 Å². The first-order valence-corrected chi connectivity index (χ1v) is 5.31. The molecule has 2 bridgehead atoms. The first-order chi connectivity index (χ1) is 6.38. The van der Waals surface area contributed by atoms with E-state index in [4.69, 9.17) is 9.84 Å². The van der Waals surface area contributed by atoms with Crippen LogP contribution in [0.5, 0.6) is 0 Å². The van der Waals surface area contributed by atoms with Crippen LogP contribution in [0.4, 0.5) is 0 Å². The second-order valence-corrected chi connectivity index (χ2v) is 4.23. The van der Waals surface area contributed by atoms with Gasteiger partial charge in [0, 0.05) is 6.42 Å². The fourth-order valence-corrected chi connectivity index (χ4v) is 2.54. The summed E-state index contributed by atoms with van der Waals surface area (Å²) in [5, 5.41) is 8.65. The minimum Gasteiger partial charge on any atom is -0.496 e. The van der Waals surface area contributed by atoms with E-state index in [1.54, 1.807) is 0 Å². The maximum atomic E-state index is 8.65. The van der Waals surface area contributed by atoms with E-state index in [2.05, 4.69) is 6.08 Å². The number of fused-ring (bicyclic) bond motifs is 2. The van der Waals surface area contributed by atoms with Gasteiger partial charge in [-0.3, -0.25) is 0 Å². The SMILES string of the molecule is OCCOC1=CC[C@@H]2CC[C@H](C1)C2. The summed E-state index contributed by atoms with van der Waals surface area (Å²) < 4.78 is 5.48. The summed E-state index contributed by atoms with van der Waals surface area (Å²) in [7, 11) is 0. The molecule has 0 aromatic carbocycles. The molecule has 0 amide bonds. The second-order valence-electron chi connectivity index (χ2n) is 4.23. The molecule has 2 heteroatoms. The molecule has 0 aliphatic heterocycles. The van der Waals surface area contributed by atoms with E-state index in [1.165, 1.54) is 25.7 Å². The van der Waals surface area contributed by atoms with Crippen molar-refractivity contribution in [3.63, 3.8) is 0 Å². The Labute approximate surface area is 79.6 Å². The molecule has 13 heavy (non-hydrogen) atoms. The maximum absolute atomic E-state index is 8.65. The predicted molar refractivity (Wildman–Crippen MR) is 51.2 cm³/mol. The Morgan fingerprint density at radius 2 is 2.23 bits per heavy atom. The van der Waals surface area contributed by atoms with Crippen LogP contribution >= 0.6 is 0 Å². The smallest absolute Gasteiger partial charge is 0.111 e. The average Bonchev–Trinajstić information content (AvgIpc) is 2.45. The topological polar surface area (TPSA) is 29.5 Å². The number of hydrogen-bond acceptors (Lipinski definition) is 2. The third-order valence-corrected chi connectivity index (χ3v) is 3.20. The minimum atomic E-state index is 0.130. The molecule has 1 fully saturated rings. The van der Waals surface area contributed by atoms with Crippen LogP contribution in [0.15, 0.2) is 11.8 Å². The number of aliphatic hydroxyl groups is 1. The third kappa shape index (κ3) is 2.25. The average molecular weight is 182 g/mol. The van der Waals surface area contributed by atoms with Crippen LogP contribution in [-0.2, 0) is 4.74 Å². The molecule has 2 rings (SSSR count). The molecule has 0 unspecified atom stereocenters. The van der Waals surface area contributed by atoms with Gasteiger partial charge in [-0.15, -0.1) is 0 Å². The highest BCUT2D eigenvalue weighted by Crippen LogP contribution is 2.40. The number of allylic oxidation sites excluding steroid dienone is 2. The van der Waals surface area contributed by atoms with Crippen molar-refractivity contribution in [2.45, 2.75) is 32.1 Å². The van der Waals surface area contributed by atoms with Gasteiger partial charge < -0.3 is 9.84 Å². The van der Waals surface area contributed by atoms with Gasteiger partial charge in [-0.2, -0.15) is 0 Å². The predicted octanol–water partition coefficient (Wildman–Crippen LogP) is 2.09. The lowest BCUT2D eigenvalue weighted by Gasteiger charge is -2.12. The van der Waals surface area contributed by atoms with Gasteiger partial charge in [0.05, 0.1) is 12.4 Å². The van der Waals surface area contributed by atoms with Crippen molar-refractivity contribution < 1.29 is 9.84 Å². The molecule has 2 nitrogen and oxygen atoms in total. The van der Waals surface area contributed by atoms with E-state index < -0.39 is 0 Å². The summed E-state index contributed by atoms with van der Waals surface area (Å²) >= 11 is 0. The van der Waals surface area contributed by atoms with Gasteiger partial charge >= 0.3 is 0 Å². The first-order valence-electron chi connectivity index (χ1n) is 5.31. The first kappa shape index (κ1) is 9.07. The van der Waals surface area contributed by atoms with Gasteiger partial charge in [-0.1, -0.05) is 0 Å². The second kappa shape index (κ2) is 4.14. The molecule has 0 aromatic heterocycles. The molecule has 2 aliphatic rings. The summed E-state index contributed by atoms with van der Waals surface area (Å²) in [5.74, 6) is 2.90. The Kier molecular flexibility index (Phi) is 2.89. The molecule has 1 N–H and O–H groups in total. The Balaban J connectivity index is 1.89. The molecule has 0 radical (unpaired) electrons. The van der Waals surface area contributed by atoms with Gasteiger partial charge in [-0.05, 0) is 43.6 Å². The Morgan fingerprint density at radius 1 is 1.38 bits per heavy atom. The highest BCUT2D eigenvalue weighted by molar-refractivity contribution is 5.01. The zero-order valence-corrected chi connectivity index (χ0v) is 8.04. The van der Waals surface area contributed by atoms with Crippen molar-refractivity contribution in [1.29, 1.82) is 0 Å². The fourth-order valence-electron chi connectivity index (χ4n) is 2.54. The maximum Gasteiger partial charge on any atom is 0.111 e. The van der Waals surface area contributed by atoms with Gasteiger partial charge in [-0.25, -0.2) is 0 Å². The molecule has 74 valence electrons. The van der Waals surface area contributed by atoms with Crippen LogP contribution < -0.4 is 0 Å². The van der Waals surface area contributed by atoms with Crippen LogP contribution in [0.25, 0.3) is 0 Å². The van der Waals surface area contributed by atoms with Crippen LogP contribution in [0.3, 0.4) is 0 Å². The summed E-state index contributed by atoms with van der Waals surface area (Å²) in [6.45, 7) is 0.592. The van der Waals surface area contributed by atoms with Gasteiger partial charge in [0.25, 0.3) is 0 Å². The van der Waals surface area contributed by atoms with E-state index >= 15 is 0 Å². The van der Waals surface area contributed by atoms with E-state index in [0.29, 0.717) is 6.61 Å². The molecule has 2 atom stereocenters. The van der Waals surface area contributed by atoms with Gasteiger partial charge in [0.1, 0.15) is 6.61 Å². The van der Waals surface area contributed by atoms with Crippen LogP contribution in [0.2, 0.25) is 0 Å². The third-order valence-electron chi connectivity index (χ3n) is 3.20. The van der Waals surface area contributed by atoms with Crippen LogP contribution in [0, 0.1) is 11.8 Å². The van der Waals surface area contributed by atoms with E-state index in [1.807, 2.05) is 0 Å². The summed E-state index contributed by atoms with van der Waals surface area (Å²) in [6, 6.07) is 0. The quantitative estimate of drug-likeness (QED) is 0.724. The van der Waals surface area contributed by atoms with Crippen molar-refractivity contribution >= 4 is 0 Å². The van der Waals surface area contributed by atoms with Gasteiger partial charge in [0.15, 0.2) is 0 Å². The Morgan fingerprint density at radius 3 is 3.08 bits per heavy atom. The number of hydrogen-bond donors (Lipinski definition) is 1. The van der Waals surface area contributed by atoms with Crippen molar-refractivity contribution in [2.75, 3.05) is 13.2 Å². The van der Waals surface area contributed by atoms with Crippen molar-refractivity contribution in [2.24, 2.45) is 11.8 Å². The molecule has 0 saturated heterocycles. The van der Waals surface area contributed by atoms with Crippen LogP contribution in [-0.4, -0.2) is 18.3 Å². The molecule has 0 heterocycles. The summed E-state index contributed by atoms with van der Waals surface area (Å²) in [5.41, 5.74) is 0. The number of ether oxygens (including phenoxy) is 1. The summed E-state index contributed by atoms with van der Waals surface area (Å²) in [6.07, 6.45) is 8.72. The molecular weight excluding hydrogens is 164 g/mol. The highest BCUT2D eigenvalue weighted by atomic mass is 16.5. The summed E-state index contributed by atoms with van der Waals surface area (Å²) in [4.78, 5) is 0. The fraction of sp³-hybridized carbons (Fsp3) is 0.818. The van der Waals surface area contributed by atoms with E-state index in [9.17, 15) is 0 Å². The number of rotatable bonds is 3. The molecule has 0 spiro atoms. The van der Waals surface area contributed by atoms with Crippen molar-refractivity contribution in [1.82, 2.24) is 0 Å². The normalized spacial score (nSPS) is 32.5. The molecule has 0 aromatic rings. The Bertz CT molecular complexity index is 198. The standard InChI is InChI=1S/C11H18O2/c12-5-6-13-11-4-3-9-1-2-10(7-9)8-11/h4,9-10,12H,1-3,5-8H2/t9-,10-/m0/s1. The van der Waals surface area contributed by atoms with Gasteiger partial charge in [0.2, 0.25) is 0 Å². The zero-order chi connectivity index (χ0) is 9.10. The van der Waals surface area contributed by atoms with E-state index in [-0.39, 0.29) is 6.61 Å². The lowest BCUT2D eigenvalue weighted by molar-refractivity contribution is 0.134. The molecule has 1 saturated carbocycles.